The number of carbonyl (C=O) groups excluding carboxylic acids is 2. The van der Waals surface area contributed by atoms with Crippen LogP contribution in [-0.4, -0.2) is 27.9 Å². The molecule has 2 heterocycles. The number of hydrogen-bond acceptors (Lipinski definition) is 3. The van der Waals surface area contributed by atoms with Crippen molar-refractivity contribution < 1.29 is 9.59 Å². The average molecular weight is 350 g/mol. The Morgan fingerprint density at radius 3 is 2.62 bits per heavy atom. The van der Waals surface area contributed by atoms with Gasteiger partial charge in [-0.3, -0.25) is 9.78 Å². The quantitative estimate of drug-likeness (QED) is 0.888. The lowest BCUT2D eigenvalue weighted by atomic mass is 9.79. The molecule has 1 fully saturated rings. The monoisotopic (exact) mass is 350 g/mol. The first-order chi connectivity index (χ1) is 12.7. The maximum atomic E-state index is 12.4. The third-order valence-corrected chi connectivity index (χ3v) is 5.16. The van der Waals surface area contributed by atoms with Crippen LogP contribution in [0.4, 0.5) is 4.79 Å². The number of rotatable bonds is 4. The first-order valence-electron chi connectivity index (χ1n) is 8.98. The summed E-state index contributed by atoms with van der Waals surface area (Å²) in [5.74, 6) is 0.0583. The minimum Gasteiger partial charge on any atom is -0.352 e. The Morgan fingerprint density at radius 2 is 1.85 bits per heavy atom. The van der Waals surface area contributed by atoms with Gasteiger partial charge in [-0.2, -0.15) is 0 Å². The van der Waals surface area contributed by atoms with Crippen LogP contribution in [0.1, 0.15) is 29.5 Å². The second kappa shape index (κ2) is 7.15. The van der Waals surface area contributed by atoms with E-state index in [-0.39, 0.29) is 23.9 Å². The number of nitrogens with zero attached hydrogens (tertiary/aromatic N) is 2. The average Bonchev–Trinajstić information content (AvgIpc) is 3.07. The van der Waals surface area contributed by atoms with Crippen LogP contribution in [-0.2, 0) is 24.4 Å². The van der Waals surface area contributed by atoms with Crippen LogP contribution in [0.2, 0.25) is 0 Å². The van der Waals surface area contributed by atoms with Gasteiger partial charge in [0.2, 0.25) is 5.91 Å². The third-order valence-electron chi connectivity index (χ3n) is 5.16. The Balaban J connectivity index is 1.19. The van der Waals surface area contributed by atoms with Crippen LogP contribution in [0.15, 0.2) is 48.8 Å². The summed E-state index contributed by atoms with van der Waals surface area (Å²) >= 11 is 0. The molecule has 6 nitrogen and oxygen atoms in total. The number of pyridine rings is 1. The van der Waals surface area contributed by atoms with E-state index in [0.29, 0.717) is 32.5 Å². The molecule has 2 aromatic rings. The van der Waals surface area contributed by atoms with Crippen LogP contribution < -0.4 is 10.6 Å². The number of nitrogens with one attached hydrogen (secondary N) is 2. The minimum absolute atomic E-state index is 0.0102. The first-order valence-corrected chi connectivity index (χ1v) is 8.98. The Hall–Kier alpha value is -2.89. The summed E-state index contributed by atoms with van der Waals surface area (Å²) in [5, 5.41) is 6.01. The highest BCUT2D eigenvalue weighted by Gasteiger charge is 2.36. The summed E-state index contributed by atoms with van der Waals surface area (Å²) in [6, 6.07) is 11.8. The van der Waals surface area contributed by atoms with E-state index in [9.17, 15) is 9.59 Å². The van der Waals surface area contributed by atoms with Gasteiger partial charge in [-0.1, -0.05) is 30.3 Å². The molecule has 0 unspecified atom stereocenters. The Bertz CT molecular complexity index is 777. The van der Waals surface area contributed by atoms with Crippen LogP contribution in [0.25, 0.3) is 0 Å². The van der Waals surface area contributed by atoms with Crippen LogP contribution in [0.3, 0.4) is 0 Å². The maximum absolute atomic E-state index is 12.4. The fraction of sp³-hybridized carbons (Fsp3) is 0.350. The minimum atomic E-state index is -0.0608. The van der Waals surface area contributed by atoms with Gasteiger partial charge in [0.1, 0.15) is 0 Å². The van der Waals surface area contributed by atoms with Gasteiger partial charge >= 0.3 is 6.03 Å². The normalized spacial score (nSPS) is 20.8. The highest BCUT2D eigenvalue weighted by atomic mass is 16.2. The molecule has 1 aliphatic carbocycles. The molecule has 26 heavy (non-hydrogen) atoms. The topological polar surface area (TPSA) is 74.3 Å². The van der Waals surface area contributed by atoms with E-state index in [1.54, 1.807) is 11.1 Å². The van der Waals surface area contributed by atoms with E-state index >= 15 is 0 Å². The Morgan fingerprint density at radius 1 is 1.08 bits per heavy atom. The Labute approximate surface area is 152 Å². The van der Waals surface area contributed by atoms with Gasteiger partial charge in [0, 0.05) is 44.0 Å². The molecule has 0 bridgehead atoms. The predicted octanol–water partition coefficient (Wildman–Crippen LogP) is 2.20. The van der Waals surface area contributed by atoms with Crippen LogP contribution in [0, 0.1) is 5.92 Å². The van der Waals surface area contributed by atoms with Crippen molar-refractivity contribution in [2.75, 3.05) is 0 Å². The zero-order chi connectivity index (χ0) is 17.9. The van der Waals surface area contributed by atoms with Crippen molar-refractivity contribution in [1.82, 2.24) is 20.5 Å². The molecule has 1 aromatic carbocycles. The van der Waals surface area contributed by atoms with E-state index in [1.165, 1.54) is 0 Å². The lowest BCUT2D eigenvalue weighted by molar-refractivity contribution is -0.128. The molecule has 0 atom stereocenters. The van der Waals surface area contributed by atoms with E-state index in [1.807, 2.05) is 42.6 Å². The van der Waals surface area contributed by atoms with Gasteiger partial charge in [-0.15, -0.1) is 0 Å². The maximum Gasteiger partial charge on any atom is 0.318 e. The van der Waals surface area contributed by atoms with Gasteiger partial charge in [-0.05, 0) is 35.6 Å². The molecule has 3 amide bonds. The van der Waals surface area contributed by atoms with E-state index in [0.717, 1.165) is 16.7 Å². The second-order valence-corrected chi connectivity index (χ2v) is 7.02. The predicted molar refractivity (Wildman–Crippen MR) is 96.8 cm³/mol. The number of hydrogen-bond donors (Lipinski definition) is 2. The molecule has 1 aliphatic heterocycles. The molecule has 0 spiro atoms. The molecule has 1 saturated carbocycles. The lowest BCUT2D eigenvalue weighted by Crippen LogP contribution is -2.51. The fourth-order valence-electron chi connectivity index (χ4n) is 3.51. The molecule has 0 saturated heterocycles. The molecular formula is C20H22N4O2. The number of benzene rings is 1. The third kappa shape index (κ3) is 3.54. The zero-order valence-corrected chi connectivity index (χ0v) is 14.5. The number of aromatic nitrogens is 1. The van der Waals surface area contributed by atoms with Gasteiger partial charge in [0.15, 0.2) is 0 Å². The molecule has 6 heteroatoms. The summed E-state index contributed by atoms with van der Waals surface area (Å²) in [6.07, 6.45) is 4.98. The molecule has 4 rings (SSSR count). The van der Waals surface area contributed by atoms with Crippen LogP contribution in [0.5, 0.6) is 0 Å². The molecule has 134 valence electrons. The van der Waals surface area contributed by atoms with Crippen molar-refractivity contribution in [2.45, 2.75) is 38.5 Å². The number of amides is 3. The summed E-state index contributed by atoms with van der Waals surface area (Å²) in [5.41, 5.74) is 3.35. The number of urea groups is 1. The van der Waals surface area contributed by atoms with Crippen molar-refractivity contribution in [3.63, 3.8) is 0 Å². The lowest BCUT2D eigenvalue weighted by Gasteiger charge is -2.35. The summed E-state index contributed by atoms with van der Waals surface area (Å²) in [7, 11) is 0. The van der Waals surface area contributed by atoms with Crippen molar-refractivity contribution in [3.05, 3.63) is 65.5 Å². The SMILES string of the molecule is O=C(N[C@H]1C[C@H](C(=O)NCc2ccccc2)C1)N1Cc2ccncc2C1. The standard InChI is InChI=1S/C20H22N4O2/c25-19(22-10-14-4-2-1-3-5-14)16-8-18(9-16)23-20(26)24-12-15-6-7-21-11-17(15)13-24/h1-7,11,16,18H,8-10,12-13H2,(H,22,25)(H,23,26)/t16-,18-. The summed E-state index contributed by atoms with van der Waals surface area (Å²) in [6.45, 7) is 1.77. The molecule has 2 N–H and O–H groups in total. The molecule has 1 aromatic heterocycles. The van der Waals surface area contributed by atoms with Crippen LogP contribution >= 0.6 is 0 Å². The van der Waals surface area contributed by atoms with E-state index < -0.39 is 0 Å². The van der Waals surface area contributed by atoms with Crippen molar-refractivity contribution in [1.29, 1.82) is 0 Å². The largest absolute Gasteiger partial charge is 0.352 e. The van der Waals surface area contributed by atoms with E-state index in [4.69, 9.17) is 0 Å². The van der Waals surface area contributed by atoms with Gasteiger partial charge in [0.05, 0.1) is 0 Å². The molecule has 0 radical (unpaired) electrons. The van der Waals surface area contributed by atoms with Crippen molar-refractivity contribution in [3.8, 4) is 0 Å². The number of carbonyl (C=O) groups is 2. The molecule has 2 aliphatic rings. The zero-order valence-electron chi connectivity index (χ0n) is 14.5. The highest BCUT2D eigenvalue weighted by molar-refractivity contribution is 5.80. The van der Waals surface area contributed by atoms with Crippen molar-refractivity contribution >= 4 is 11.9 Å². The van der Waals surface area contributed by atoms with Crippen molar-refractivity contribution in [2.24, 2.45) is 5.92 Å². The summed E-state index contributed by atoms with van der Waals surface area (Å²) < 4.78 is 0. The Kier molecular flexibility index (Phi) is 4.56. The molecular weight excluding hydrogens is 328 g/mol. The van der Waals surface area contributed by atoms with E-state index in [2.05, 4.69) is 15.6 Å². The number of fused-ring (bicyclic) bond motifs is 1. The fourth-order valence-corrected chi connectivity index (χ4v) is 3.51. The first kappa shape index (κ1) is 16.6. The van der Waals surface area contributed by atoms with Gasteiger partial charge < -0.3 is 15.5 Å². The second-order valence-electron chi connectivity index (χ2n) is 7.02. The highest BCUT2D eigenvalue weighted by Crippen LogP contribution is 2.28. The smallest absolute Gasteiger partial charge is 0.318 e. The summed E-state index contributed by atoms with van der Waals surface area (Å²) in [4.78, 5) is 30.5. The van der Waals surface area contributed by atoms with Gasteiger partial charge in [-0.25, -0.2) is 4.79 Å². The van der Waals surface area contributed by atoms with Gasteiger partial charge in [0.25, 0.3) is 0 Å².